The molecule has 0 nitrogen and oxygen atoms in total. The molecule has 302 valence electrons. The van der Waals surface area contributed by atoms with E-state index >= 15 is 0 Å². The van der Waals surface area contributed by atoms with Crippen LogP contribution in [-0.2, 0) is 31.2 Å². The molecule has 0 N–H and O–H groups in total. The molecule has 0 fully saturated rings. The number of hydrogen-bond donors (Lipinski definition) is 0. The second-order valence-electron chi connectivity index (χ2n) is 20.5. The zero-order chi connectivity index (χ0) is 41.9. The first-order chi connectivity index (χ1) is 28.0. The molecule has 0 aliphatic heterocycles. The Balaban J connectivity index is 1.29. The summed E-state index contributed by atoms with van der Waals surface area (Å²) in [5.74, 6) is 1.40. The van der Waals surface area contributed by atoms with Crippen molar-refractivity contribution in [3.05, 3.63) is 106 Å². The summed E-state index contributed by atoms with van der Waals surface area (Å²) >= 11 is 9.81. The molecule has 2 atom stereocenters. The topological polar surface area (TPSA) is 0 Å². The Kier molecular flexibility index (Phi) is 28.0. The van der Waals surface area contributed by atoms with Crippen LogP contribution in [0.2, 0.25) is 0 Å². The summed E-state index contributed by atoms with van der Waals surface area (Å²) in [7, 11) is 0. The van der Waals surface area contributed by atoms with Crippen molar-refractivity contribution in [2.45, 2.75) is 213 Å². The molecule has 0 radical (unpaired) electrons. The van der Waals surface area contributed by atoms with E-state index in [4.69, 9.17) is 0 Å². The number of hydrogen-bond acceptors (Lipinski definition) is 0. The SMILES string of the molecule is [Li][C]([Li])(CC(C)CCc1ccc(CCC(C)C[C]([Li])([Li])c2ccc(CCCCCCCCCCCC)cc2)cc1)c1ccc(CCCCCCCCCCCC)cc1. The third-order valence-corrected chi connectivity index (χ3v) is 13.7. The molecule has 0 aliphatic carbocycles. The van der Waals surface area contributed by atoms with E-state index in [1.54, 1.807) is 0 Å². The van der Waals surface area contributed by atoms with Gasteiger partial charge in [-0.2, -0.15) is 0 Å². The fourth-order valence-corrected chi connectivity index (χ4v) is 9.76. The molecule has 0 aromatic heterocycles. The Hall–Kier alpha value is 0.0496. The van der Waals surface area contributed by atoms with Gasteiger partial charge in [-0.25, -0.2) is 0 Å². The van der Waals surface area contributed by atoms with Crippen LogP contribution in [0.1, 0.15) is 215 Å². The van der Waals surface area contributed by atoms with Gasteiger partial charge in [-0.1, -0.05) is 65.2 Å². The number of unbranched alkanes of at least 4 members (excludes halogenated alkanes) is 18. The molecular formula is C54H82Li4. The van der Waals surface area contributed by atoms with Gasteiger partial charge in [0.05, 0.1) is 0 Å². The van der Waals surface area contributed by atoms with E-state index in [2.05, 4.69) is 171 Å². The monoisotopic (exact) mass is 759 g/mol. The predicted molar refractivity (Wildman–Crippen MR) is 261 cm³/mol. The Labute approximate surface area is 398 Å². The fraction of sp³-hybridized carbons (Fsp3) is 0.667. The number of aryl methyl sites for hydroxylation is 4. The van der Waals surface area contributed by atoms with Crippen molar-refractivity contribution in [3.63, 3.8) is 0 Å². The van der Waals surface area contributed by atoms with Gasteiger partial charge in [0.25, 0.3) is 0 Å². The van der Waals surface area contributed by atoms with Gasteiger partial charge in [0.2, 0.25) is 0 Å². The molecule has 3 aromatic rings. The van der Waals surface area contributed by atoms with Crippen LogP contribution in [0.3, 0.4) is 0 Å². The Morgan fingerprint density at radius 1 is 0.345 bits per heavy atom. The van der Waals surface area contributed by atoms with Crippen LogP contribution >= 0.6 is 0 Å². The zero-order valence-corrected chi connectivity index (χ0v) is 39.9. The van der Waals surface area contributed by atoms with Crippen LogP contribution in [-0.4, -0.2) is 70.9 Å². The maximum absolute atomic E-state index is 2.46. The van der Waals surface area contributed by atoms with Gasteiger partial charge in [0.1, 0.15) is 0 Å². The summed E-state index contributed by atoms with van der Waals surface area (Å²) in [6.45, 7) is 9.54. The predicted octanol–water partition coefficient (Wildman–Crippen LogP) is 14.9. The Morgan fingerprint density at radius 2 is 0.586 bits per heavy atom. The van der Waals surface area contributed by atoms with Crippen molar-refractivity contribution in [3.8, 4) is 0 Å². The summed E-state index contributed by atoms with van der Waals surface area (Å²) in [5.41, 5.74) is 9.03. The first kappa shape index (κ1) is 52.4. The molecule has 0 amide bonds. The van der Waals surface area contributed by atoms with E-state index in [1.165, 1.54) is 213 Å². The molecule has 0 spiro atoms. The summed E-state index contributed by atoms with van der Waals surface area (Å²) in [5, 5.41) is 0. The average Bonchev–Trinajstić information content (AvgIpc) is 3.21. The molecule has 3 rings (SSSR count). The third kappa shape index (κ3) is 22.9. The van der Waals surface area contributed by atoms with Crippen LogP contribution < -0.4 is 0 Å². The molecule has 0 saturated heterocycles. The summed E-state index contributed by atoms with van der Waals surface area (Å²) in [6, 6.07) is 29.0. The normalized spacial score (nSPS) is 13.3. The second kappa shape index (κ2) is 31.0. The van der Waals surface area contributed by atoms with Crippen molar-refractivity contribution >= 4 is 70.9 Å². The van der Waals surface area contributed by atoms with E-state index in [9.17, 15) is 0 Å². The molecule has 0 bridgehead atoms. The average molecular weight is 759 g/mol. The van der Waals surface area contributed by atoms with Crippen molar-refractivity contribution in [1.29, 1.82) is 0 Å². The quantitative estimate of drug-likeness (QED) is 0.0420. The molecule has 3 aromatic carbocycles. The summed E-state index contributed by atoms with van der Waals surface area (Å²) < 4.78 is 0.416. The van der Waals surface area contributed by atoms with Crippen molar-refractivity contribution in [2.75, 3.05) is 0 Å². The van der Waals surface area contributed by atoms with Gasteiger partial charge in [-0.3, -0.25) is 0 Å². The second-order valence-corrected chi connectivity index (χ2v) is 20.5. The molecule has 4 heteroatoms. The fourth-order valence-electron chi connectivity index (χ4n) is 9.76. The third-order valence-electron chi connectivity index (χ3n) is 13.7. The Morgan fingerprint density at radius 3 is 0.879 bits per heavy atom. The zero-order valence-electron chi connectivity index (χ0n) is 39.9. The Bertz CT molecular complexity index is 1310. The van der Waals surface area contributed by atoms with Gasteiger partial charge in [0, 0.05) is 0 Å². The molecule has 2 unspecified atom stereocenters. The minimum atomic E-state index is 0.208. The molecule has 0 aliphatic rings. The van der Waals surface area contributed by atoms with Crippen molar-refractivity contribution < 1.29 is 0 Å². The van der Waals surface area contributed by atoms with E-state index < -0.39 is 0 Å². The van der Waals surface area contributed by atoms with Gasteiger partial charge >= 0.3 is 337 Å². The van der Waals surface area contributed by atoms with Crippen LogP contribution in [0.15, 0.2) is 72.8 Å². The van der Waals surface area contributed by atoms with E-state index in [0.717, 1.165) is 0 Å². The summed E-state index contributed by atoms with van der Waals surface area (Å²) in [6.07, 6.45) is 38.0. The van der Waals surface area contributed by atoms with Gasteiger partial charge in [-0.15, -0.1) is 0 Å². The van der Waals surface area contributed by atoms with Gasteiger partial charge in [0.15, 0.2) is 0 Å². The minimum absolute atomic E-state index is 0.208. The van der Waals surface area contributed by atoms with E-state index in [0.29, 0.717) is 11.8 Å². The first-order valence-corrected chi connectivity index (χ1v) is 25.3. The maximum atomic E-state index is 2.46. The van der Waals surface area contributed by atoms with Gasteiger partial charge in [-0.05, 0) is 0 Å². The van der Waals surface area contributed by atoms with Crippen LogP contribution in [0.4, 0.5) is 0 Å². The van der Waals surface area contributed by atoms with Crippen LogP contribution in [0, 0.1) is 11.8 Å². The summed E-state index contributed by atoms with van der Waals surface area (Å²) in [4.78, 5) is 0. The van der Waals surface area contributed by atoms with Crippen molar-refractivity contribution in [2.24, 2.45) is 11.8 Å². The van der Waals surface area contributed by atoms with Crippen molar-refractivity contribution in [1.82, 2.24) is 0 Å². The molecule has 0 saturated carbocycles. The van der Waals surface area contributed by atoms with Crippen LogP contribution in [0.5, 0.6) is 0 Å². The van der Waals surface area contributed by atoms with Crippen LogP contribution in [0.25, 0.3) is 0 Å². The standard InChI is InChI=1S/C54H82.4Li/c1-5-7-9-11-13-15-17-19-21-23-25-49-35-39-51(40-36-49)31-27-47(3)29-33-53-43-45-54(46-44-53)34-30-48(4)28-32-52-41-37-50(38-42-52)26-24-22-20-18-16-14-12-10-8-6-2;;;;/h35-48H,5-30,33-34H2,1-4H3;;;;. The number of benzene rings is 3. The van der Waals surface area contributed by atoms with E-state index in [-0.39, 0.29) is 5.52 Å². The number of rotatable bonds is 34. The van der Waals surface area contributed by atoms with Gasteiger partial charge < -0.3 is 0 Å². The first-order valence-electron chi connectivity index (χ1n) is 25.3. The molecule has 0 heterocycles. The molecule has 58 heavy (non-hydrogen) atoms. The molecular weight excluding hydrogens is 676 g/mol. The van der Waals surface area contributed by atoms with E-state index in [1.807, 2.05) is 0 Å².